The van der Waals surface area contributed by atoms with Crippen LogP contribution in [0.5, 0.6) is 0 Å². The van der Waals surface area contributed by atoms with Gasteiger partial charge in [0, 0.05) is 18.0 Å². The number of benzene rings is 2. The molecule has 0 amide bonds. The third kappa shape index (κ3) is 1.77. The lowest BCUT2D eigenvalue weighted by Gasteiger charge is -2.13. The largest absolute Gasteiger partial charge is 0.321 e. The number of hydrogen-bond acceptors (Lipinski definition) is 3. The molecule has 0 saturated carbocycles. The number of H-pyrrole nitrogens is 1. The molecule has 1 aliphatic carbocycles. The van der Waals surface area contributed by atoms with Gasteiger partial charge in [-0.3, -0.25) is 0 Å². The van der Waals surface area contributed by atoms with Crippen molar-refractivity contribution in [2.45, 2.75) is 20.3 Å². The zero-order valence-corrected chi connectivity index (χ0v) is 13.6. The second kappa shape index (κ2) is 4.74. The lowest BCUT2D eigenvalue weighted by atomic mass is 9.92. The van der Waals surface area contributed by atoms with Gasteiger partial charge in [-0.25, -0.2) is 15.0 Å². The number of nitrogens with zero attached hydrogens (tertiary/aromatic N) is 3. The minimum Gasteiger partial charge on any atom is -0.321 e. The molecule has 1 N–H and O–H groups in total. The summed E-state index contributed by atoms with van der Waals surface area (Å²) in [6.45, 7) is 4.33. The van der Waals surface area contributed by atoms with Gasteiger partial charge in [0.1, 0.15) is 5.82 Å². The zero-order chi connectivity index (χ0) is 16.3. The molecule has 0 fully saturated rings. The van der Waals surface area contributed by atoms with Gasteiger partial charge in [0.15, 0.2) is 11.3 Å². The summed E-state index contributed by atoms with van der Waals surface area (Å²) in [6, 6.07) is 10.9. The van der Waals surface area contributed by atoms with Crippen LogP contribution < -0.4 is 0 Å². The van der Waals surface area contributed by atoms with Crippen LogP contribution in [-0.2, 0) is 6.42 Å². The van der Waals surface area contributed by atoms with Crippen molar-refractivity contribution in [3.63, 3.8) is 0 Å². The highest BCUT2D eigenvalue weighted by atomic mass is 15.0. The van der Waals surface area contributed by atoms with Crippen molar-refractivity contribution < 1.29 is 0 Å². The first-order chi connectivity index (χ1) is 11.7. The predicted octanol–water partition coefficient (Wildman–Crippen LogP) is 4.21. The average Bonchev–Trinajstić information content (AvgIpc) is 3.17. The van der Waals surface area contributed by atoms with Gasteiger partial charge >= 0.3 is 0 Å². The number of aromatic amines is 1. The zero-order valence-electron chi connectivity index (χ0n) is 13.6. The number of rotatable bonds is 1. The van der Waals surface area contributed by atoms with E-state index in [-0.39, 0.29) is 0 Å². The van der Waals surface area contributed by atoms with Gasteiger partial charge in [0.05, 0.1) is 0 Å². The van der Waals surface area contributed by atoms with Gasteiger partial charge in [0.2, 0.25) is 0 Å². The highest BCUT2D eigenvalue weighted by molar-refractivity contribution is 5.87. The number of aryl methyl sites for hydroxylation is 1. The summed E-state index contributed by atoms with van der Waals surface area (Å²) in [5, 5.41) is 0. The summed E-state index contributed by atoms with van der Waals surface area (Å²) in [7, 11) is 0. The molecule has 4 aromatic rings. The second-order valence-electron chi connectivity index (χ2n) is 6.37. The third-order valence-electron chi connectivity index (χ3n) is 5.00. The predicted molar refractivity (Wildman–Crippen MR) is 94.8 cm³/mol. The fourth-order valence-electron chi connectivity index (χ4n) is 3.71. The van der Waals surface area contributed by atoms with E-state index < -0.39 is 0 Å². The SMILES string of the molecule is Cc1cc2c(c(-c3nc4nccnc4[nH]3)c1C)Cc1ccccc1-2. The van der Waals surface area contributed by atoms with E-state index in [1.54, 1.807) is 12.4 Å². The molecule has 0 bridgehead atoms. The maximum atomic E-state index is 4.70. The Morgan fingerprint density at radius 3 is 2.71 bits per heavy atom. The van der Waals surface area contributed by atoms with Crippen LogP contribution in [-0.4, -0.2) is 19.9 Å². The molecule has 2 aromatic heterocycles. The van der Waals surface area contributed by atoms with Gasteiger partial charge < -0.3 is 4.98 Å². The minimum atomic E-state index is 0.665. The van der Waals surface area contributed by atoms with E-state index in [0.29, 0.717) is 5.65 Å². The number of fused-ring (bicyclic) bond motifs is 4. The lowest BCUT2D eigenvalue weighted by molar-refractivity contribution is 1.19. The number of imidazole rings is 1. The summed E-state index contributed by atoms with van der Waals surface area (Å²) in [4.78, 5) is 16.7. The molecule has 4 nitrogen and oxygen atoms in total. The fraction of sp³-hybridized carbons (Fsp3) is 0.150. The van der Waals surface area contributed by atoms with Gasteiger partial charge in [-0.1, -0.05) is 30.3 Å². The molecule has 116 valence electrons. The second-order valence-corrected chi connectivity index (χ2v) is 6.37. The molecule has 0 unspecified atom stereocenters. The van der Waals surface area contributed by atoms with Gasteiger partial charge in [0.25, 0.3) is 0 Å². The average molecular weight is 312 g/mol. The van der Waals surface area contributed by atoms with Crippen LogP contribution in [0, 0.1) is 13.8 Å². The fourth-order valence-corrected chi connectivity index (χ4v) is 3.71. The molecular weight excluding hydrogens is 296 g/mol. The van der Waals surface area contributed by atoms with E-state index in [2.05, 4.69) is 59.1 Å². The maximum Gasteiger partial charge on any atom is 0.197 e. The lowest BCUT2D eigenvalue weighted by Crippen LogP contribution is -1.96. The van der Waals surface area contributed by atoms with Crippen LogP contribution in [0.15, 0.2) is 42.7 Å². The first kappa shape index (κ1) is 13.4. The van der Waals surface area contributed by atoms with Crippen LogP contribution in [0.2, 0.25) is 0 Å². The topological polar surface area (TPSA) is 54.5 Å². The first-order valence-electron chi connectivity index (χ1n) is 8.11. The van der Waals surface area contributed by atoms with Crippen LogP contribution in [0.4, 0.5) is 0 Å². The molecule has 2 heterocycles. The molecule has 4 heteroatoms. The molecule has 5 rings (SSSR count). The Morgan fingerprint density at radius 1 is 1.00 bits per heavy atom. The summed E-state index contributed by atoms with van der Waals surface area (Å²) in [5.74, 6) is 0.862. The van der Waals surface area contributed by atoms with E-state index >= 15 is 0 Å². The van der Waals surface area contributed by atoms with Crippen LogP contribution in [0.3, 0.4) is 0 Å². The van der Waals surface area contributed by atoms with Gasteiger partial charge in [-0.05, 0) is 53.6 Å². The highest BCUT2D eigenvalue weighted by Gasteiger charge is 2.25. The molecule has 0 radical (unpaired) electrons. The van der Waals surface area contributed by atoms with E-state index in [0.717, 1.165) is 17.9 Å². The quantitative estimate of drug-likeness (QED) is 0.504. The molecule has 0 saturated heterocycles. The van der Waals surface area contributed by atoms with Crippen molar-refractivity contribution in [2.75, 3.05) is 0 Å². The van der Waals surface area contributed by atoms with Gasteiger partial charge in [-0.15, -0.1) is 0 Å². The third-order valence-corrected chi connectivity index (χ3v) is 5.00. The van der Waals surface area contributed by atoms with E-state index in [9.17, 15) is 0 Å². The molecular formula is C20H16N4. The molecule has 0 atom stereocenters. The molecule has 2 aromatic carbocycles. The smallest absolute Gasteiger partial charge is 0.197 e. The Hall–Kier alpha value is -3.01. The molecule has 1 aliphatic rings. The van der Waals surface area contributed by atoms with Crippen molar-refractivity contribution in [1.29, 1.82) is 0 Å². The van der Waals surface area contributed by atoms with E-state index in [1.807, 2.05) is 0 Å². The van der Waals surface area contributed by atoms with Crippen molar-refractivity contribution in [3.8, 4) is 22.5 Å². The Labute approximate surface area is 139 Å². The van der Waals surface area contributed by atoms with Crippen molar-refractivity contribution >= 4 is 11.3 Å². The summed E-state index contributed by atoms with van der Waals surface area (Å²) in [5.41, 5.74) is 10.5. The van der Waals surface area contributed by atoms with E-state index in [4.69, 9.17) is 4.98 Å². The summed E-state index contributed by atoms with van der Waals surface area (Å²) in [6.07, 6.45) is 4.31. The molecule has 0 spiro atoms. The maximum absolute atomic E-state index is 4.70. The Kier molecular flexibility index (Phi) is 2.65. The van der Waals surface area contributed by atoms with E-state index in [1.165, 1.54) is 38.9 Å². The van der Waals surface area contributed by atoms with Crippen molar-refractivity contribution in [2.24, 2.45) is 0 Å². The van der Waals surface area contributed by atoms with Gasteiger partial charge in [-0.2, -0.15) is 0 Å². The molecule has 24 heavy (non-hydrogen) atoms. The standard InChI is InChI=1S/C20H16N4/c1-11-9-15-14-6-4-3-5-13(14)10-16(15)17(12(11)2)18-23-19-20(24-18)22-8-7-21-19/h3-9H,10H2,1-2H3,(H,21,22,23,24). The summed E-state index contributed by atoms with van der Waals surface area (Å²) < 4.78 is 0. The monoisotopic (exact) mass is 312 g/mol. The summed E-state index contributed by atoms with van der Waals surface area (Å²) >= 11 is 0. The van der Waals surface area contributed by atoms with Crippen LogP contribution >= 0.6 is 0 Å². The minimum absolute atomic E-state index is 0.665. The highest BCUT2D eigenvalue weighted by Crippen LogP contribution is 2.43. The molecule has 0 aliphatic heterocycles. The number of hydrogen-bond donors (Lipinski definition) is 1. The van der Waals surface area contributed by atoms with Crippen LogP contribution in [0.25, 0.3) is 33.8 Å². The Balaban J connectivity index is 1.82. The Morgan fingerprint density at radius 2 is 1.83 bits per heavy atom. The Bertz CT molecular complexity index is 1080. The first-order valence-corrected chi connectivity index (χ1v) is 8.11. The van der Waals surface area contributed by atoms with Crippen molar-refractivity contribution in [3.05, 3.63) is 65.0 Å². The number of nitrogens with one attached hydrogen (secondary N) is 1. The normalized spacial score (nSPS) is 12.4. The van der Waals surface area contributed by atoms with Crippen molar-refractivity contribution in [1.82, 2.24) is 19.9 Å². The number of aromatic nitrogens is 4. The van der Waals surface area contributed by atoms with Crippen LogP contribution in [0.1, 0.15) is 22.3 Å².